The van der Waals surface area contributed by atoms with Crippen LogP contribution in [0.5, 0.6) is 17.2 Å². The number of aromatic nitrogens is 2. The SMILES string of the molecule is O=C(Nc1c(O)cc(OC(F)(F)Cl)cc1O)c1cnc(N2CCC(O)C2)c(-c2cnsc2)c1. The van der Waals surface area contributed by atoms with E-state index in [2.05, 4.69) is 31.0 Å². The molecule has 0 spiro atoms. The normalized spacial score (nSPS) is 16.1. The number of phenolic OH excluding ortho intramolecular Hbond substituents is 2. The molecule has 3 aromatic rings. The number of ether oxygens (including phenoxy) is 1. The molecular formula is C20H17ClF2N4O5S. The van der Waals surface area contributed by atoms with Gasteiger partial charge < -0.3 is 30.3 Å². The molecule has 4 N–H and O–H groups in total. The van der Waals surface area contributed by atoms with Crippen LogP contribution >= 0.6 is 23.1 Å². The number of amides is 1. The molecule has 0 bridgehead atoms. The average Bonchev–Trinajstić information content (AvgIpc) is 3.41. The minimum absolute atomic E-state index is 0.103. The number of rotatable bonds is 6. The van der Waals surface area contributed by atoms with Crippen LogP contribution in [0.15, 0.2) is 36.0 Å². The van der Waals surface area contributed by atoms with Gasteiger partial charge in [0.15, 0.2) is 0 Å². The van der Waals surface area contributed by atoms with Crippen LogP contribution in [-0.2, 0) is 0 Å². The molecule has 9 nitrogen and oxygen atoms in total. The van der Waals surface area contributed by atoms with Crippen molar-refractivity contribution in [3.05, 3.63) is 41.5 Å². The zero-order valence-corrected chi connectivity index (χ0v) is 18.3. The number of carbonyl (C=O) groups excluding carboxylic acids is 1. The van der Waals surface area contributed by atoms with E-state index in [1.807, 2.05) is 4.90 Å². The lowest BCUT2D eigenvalue weighted by atomic mass is 10.1. The number of halogens is 3. The Morgan fingerprint density at radius 2 is 2.00 bits per heavy atom. The highest BCUT2D eigenvalue weighted by atomic mass is 35.5. The highest BCUT2D eigenvalue weighted by molar-refractivity contribution is 7.03. The highest BCUT2D eigenvalue weighted by Crippen LogP contribution is 2.40. The van der Waals surface area contributed by atoms with Gasteiger partial charge in [0.05, 0.1) is 11.7 Å². The predicted molar refractivity (Wildman–Crippen MR) is 117 cm³/mol. The maximum Gasteiger partial charge on any atom is 0.487 e. The molecule has 3 heterocycles. The number of alkyl halides is 3. The quantitative estimate of drug-likeness (QED) is 0.300. The van der Waals surface area contributed by atoms with E-state index in [9.17, 15) is 28.9 Å². The van der Waals surface area contributed by atoms with Crippen LogP contribution in [0, 0.1) is 0 Å². The first kappa shape index (κ1) is 23.0. The van der Waals surface area contributed by atoms with Crippen LogP contribution < -0.4 is 15.0 Å². The number of aromatic hydroxyl groups is 2. The number of phenols is 2. The lowest BCUT2D eigenvalue weighted by Gasteiger charge is -2.20. The maximum atomic E-state index is 12.8. The molecule has 2 aromatic heterocycles. The zero-order chi connectivity index (χ0) is 23.8. The molecule has 1 atom stereocenters. The number of nitrogens with zero attached hydrogens (tertiary/aromatic N) is 3. The Hall–Kier alpha value is -3.22. The van der Waals surface area contributed by atoms with Gasteiger partial charge in [-0.15, -0.1) is 8.78 Å². The summed E-state index contributed by atoms with van der Waals surface area (Å²) >= 11 is 5.91. The van der Waals surface area contributed by atoms with E-state index < -0.39 is 40.5 Å². The van der Waals surface area contributed by atoms with Gasteiger partial charge in [0, 0.05) is 65.7 Å². The summed E-state index contributed by atoms with van der Waals surface area (Å²) in [5, 5.41) is 34.2. The van der Waals surface area contributed by atoms with Crippen LogP contribution in [0.2, 0.25) is 0 Å². The molecule has 1 amide bonds. The number of aliphatic hydroxyl groups excluding tert-OH is 1. The second-order valence-corrected chi connectivity index (χ2v) is 8.33. The maximum absolute atomic E-state index is 12.8. The monoisotopic (exact) mass is 498 g/mol. The Labute approximate surface area is 195 Å². The van der Waals surface area contributed by atoms with Crippen molar-refractivity contribution < 1.29 is 33.6 Å². The van der Waals surface area contributed by atoms with Gasteiger partial charge in [0.2, 0.25) is 0 Å². The largest absolute Gasteiger partial charge is 0.505 e. The fourth-order valence-electron chi connectivity index (χ4n) is 3.41. The summed E-state index contributed by atoms with van der Waals surface area (Å²) in [5.74, 6) is -2.16. The summed E-state index contributed by atoms with van der Waals surface area (Å²) in [6.45, 7) is 1.00. The lowest BCUT2D eigenvalue weighted by molar-refractivity contribution is -0.0965. The van der Waals surface area contributed by atoms with Crippen molar-refractivity contribution in [3.63, 3.8) is 0 Å². The molecule has 0 aliphatic carbocycles. The van der Waals surface area contributed by atoms with Crippen molar-refractivity contribution in [2.45, 2.75) is 18.1 Å². The fourth-order valence-corrected chi connectivity index (χ4v) is 4.04. The topological polar surface area (TPSA) is 128 Å². The Balaban J connectivity index is 1.62. The molecular weight excluding hydrogens is 482 g/mol. The van der Waals surface area contributed by atoms with E-state index in [1.54, 1.807) is 17.6 Å². The van der Waals surface area contributed by atoms with Crippen molar-refractivity contribution >= 4 is 40.5 Å². The van der Waals surface area contributed by atoms with Gasteiger partial charge in [-0.3, -0.25) is 4.79 Å². The Bertz CT molecular complexity index is 1150. The van der Waals surface area contributed by atoms with Crippen molar-refractivity contribution in [2.75, 3.05) is 23.3 Å². The van der Waals surface area contributed by atoms with Gasteiger partial charge in [-0.1, -0.05) is 0 Å². The van der Waals surface area contributed by atoms with E-state index in [4.69, 9.17) is 0 Å². The lowest BCUT2D eigenvalue weighted by Crippen LogP contribution is -2.23. The standard InChI is InChI=1S/C20H17ClF2N4O5S/c21-20(22,23)32-13-4-15(29)17(16(30)5-13)26-19(31)10-3-14(11-7-25-33-9-11)18(24-6-10)27-2-1-12(28)8-27/h3-7,9,12,28-30H,1-2,8H2,(H,26,31). The summed E-state index contributed by atoms with van der Waals surface area (Å²) in [7, 11) is 0. The third-order valence-electron chi connectivity index (χ3n) is 4.88. The summed E-state index contributed by atoms with van der Waals surface area (Å²) in [5.41, 5.74) is -3.00. The van der Waals surface area contributed by atoms with Crippen LogP contribution in [0.3, 0.4) is 0 Å². The Morgan fingerprint density at radius 1 is 1.27 bits per heavy atom. The van der Waals surface area contributed by atoms with Crippen molar-refractivity contribution in [2.24, 2.45) is 0 Å². The highest BCUT2D eigenvalue weighted by Gasteiger charge is 2.29. The second kappa shape index (κ2) is 8.96. The first-order valence-electron chi connectivity index (χ1n) is 9.56. The molecule has 1 fully saturated rings. The Morgan fingerprint density at radius 3 is 2.58 bits per heavy atom. The van der Waals surface area contributed by atoms with E-state index in [-0.39, 0.29) is 5.56 Å². The molecule has 1 aliphatic rings. The van der Waals surface area contributed by atoms with Gasteiger partial charge in [-0.05, 0) is 24.0 Å². The van der Waals surface area contributed by atoms with Gasteiger partial charge in [-0.2, -0.15) is 0 Å². The van der Waals surface area contributed by atoms with E-state index in [0.29, 0.717) is 30.9 Å². The molecule has 0 radical (unpaired) electrons. The zero-order valence-electron chi connectivity index (χ0n) is 16.7. The third-order valence-corrected chi connectivity index (χ3v) is 5.54. The van der Waals surface area contributed by atoms with Gasteiger partial charge >= 0.3 is 5.57 Å². The average molecular weight is 499 g/mol. The number of benzene rings is 1. The number of β-amino-alcohol motifs (C(OH)–C–C–N with tert-alkyl or cyclic N) is 1. The number of carbonyl (C=O) groups is 1. The van der Waals surface area contributed by atoms with Crippen molar-refractivity contribution in [1.29, 1.82) is 0 Å². The number of pyridine rings is 1. The summed E-state index contributed by atoms with van der Waals surface area (Å²) in [6.07, 6.45) is 3.07. The molecule has 13 heteroatoms. The number of hydrogen-bond acceptors (Lipinski definition) is 9. The molecule has 174 valence electrons. The van der Waals surface area contributed by atoms with E-state index in [0.717, 1.165) is 17.7 Å². The second-order valence-electron chi connectivity index (χ2n) is 7.24. The predicted octanol–water partition coefficient (Wildman–Crippen LogP) is 3.61. The molecule has 1 aromatic carbocycles. The fraction of sp³-hybridized carbons (Fsp3) is 0.250. The van der Waals surface area contributed by atoms with E-state index >= 15 is 0 Å². The van der Waals surface area contributed by atoms with Gasteiger partial charge in [-0.25, -0.2) is 9.36 Å². The summed E-state index contributed by atoms with van der Waals surface area (Å²) < 4.78 is 33.8. The number of hydrogen-bond donors (Lipinski definition) is 4. The first-order valence-corrected chi connectivity index (χ1v) is 10.8. The molecule has 33 heavy (non-hydrogen) atoms. The van der Waals surface area contributed by atoms with Crippen molar-refractivity contribution in [1.82, 2.24) is 9.36 Å². The minimum Gasteiger partial charge on any atom is -0.505 e. The summed E-state index contributed by atoms with van der Waals surface area (Å²) in [6, 6.07) is 3.12. The third kappa shape index (κ3) is 5.24. The van der Waals surface area contributed by atoms with E-state index in [1.165, 1.54) is 17.7 Å². The Kier molecular flexibility index (Phi) is 6.23. The van der Waals surface area contributed by atoms with Gasteiger partial charge in [0.1, 0.15) is 28.8 Å². The van der Waals surface area contributed by atoms with Crippen LogP contribution in [-0.4, -0.2) is 55.3 Å². The minimum atomic E-state index is -4.05. The van der Waals surface area contributed by atoms with Crippen LogP contribution in [0.1, 0.15) is 16.8 Å². The molecule has 1 aliphatic heterocycles. The van der Waals surface area contributed by atoms with Crippen LogP contribution in [0.4, 0.5) is 20.3 Å². The molecule has 4 rings (SSSR count). The smallest absolute Gasteiger partial charge is 0.487 e. The molecule has 0 saturated carbocycles. The number of aliphatic hydroxyl groups is 1. The molecule has 1 saturated heterocycles. The van der Waals surface area contributed by atoms with Crippen LogP contribution in [0.25, 0.3) is 11.1 Å². The number of anilines is 2. The number of nitrogens with one attached hydrogen (secondary N) is 1. The van der Waals surface area contributed by atoms with Gasteiger partial charge in [0.25, 0.3) is 5.91 Å². The summed E-state index contributed by atoms with van der Waals surface area (Å²) in [4.78, 5) is 19.1. The van der Waals surface area contributed by atoms with Crippen molar-refractivity contribution in [3.8, 4) is 28.4 Å². The first-order chi connectivity index (χ1) is 15.6. The molecule has 1 unspecified atom stereocenters.